The van der Waals surface area contributed by atoms with E-state index in [1.807, 2.05) is 13.8 Å². The van der Waals surface area contributed by atoms with E-state index in [0.29, 0.717) is 6.42 Å². The molecular weight excluding hydrogens is 276 g/mol. The van der Waals surface area contributed by atoms with Crippen molar-refractivity contribution in [1.82, 2.24) is 4.13 Å². The highest BCUT2D eigenvalue weighted by Gasteiger charge is 2.42. The zero-order valence-corrected chi connectivity index (χ0v) is 11.5. The van der Waals surface area contributed by atoms with Crippen LogP contribution in [0.5, 0.6) is 0 Å². The second kappa shape index (κ2) is 5.57. The fourth-order valence-electron chi connectivity index (χ4n) is 0.964. The lowest BCUT2D eigenvalue weighted by molar-refractivity contribution is 0.113. The number of sulfonamides is 2. The minimum atomic E-state index is -5.18. The topological polar surface area (TPSA) is 80.3 Å². The summed E-state index contributed by atoms with van der Waals surface area (Å²) in [7, 11) is -9.41. The number of hydrogen-bond acceptors (Lipinski definition) is 4. The maximum absolute atomic E-state index is 12.6. The second-order valence-electron chi connectivity index (χ2n) is 4.25. The average Bonchev–Trinajstić information content (AvgIpc) is 1.97. The predicted molar refractivity (Wildman–Crippen MR) is 60.5 cm³/mol. The molecule has 0 aliphatic carbocycles. The largest absolute Gasteiger partial charge is 0.357 e. The van der Waals surface area contributed by atoms with Crippen LogP contribution < -0.4 is 4.13 Å². The highest BCUT2D eigenvalue weighted by molar-refractivity contribution is 8.05. The van der Waals surface area contributed by atoms with E-state index in [1.54, 1.807) is 0 Å². The highest BCUT2D eigenvalue weighted by Crippen LogP contribution is 2.19. The summed E-state index contributed by atoms with van der Waals surface area (Å²) in [5.41, 5.74) is 0. The van der Waals surface area contributed by atoms with Crippen molar-refractivity contribution in [3.63, 3.8) is 0 Å². The van der Waals surface area contributed by atoms with Gasteiger partial charge in [-0.1, -0.05) is 13.8 Å². The molecule has 0 aliphatic heterocycles. The summed E-state index contributed by atoms with van der Waals surface area (Å²) >= 11 is 0. The van der Waals surface area contributed by atoms with Crippen molar-refractivity contribution >= 4 is 20.0 Å². The molecule has 0 aromatic heterocycles. The van der Waals surface area contributed by atoms with Gasteiger partial charge >= 0.3 is 5.25 Å². The molecule has 0 saturated heterocycles. The Kier molecular flexibility index (Phi) is 5.48. The lowest BCUT2D eigenvalue weighted by Gasteiger charge is -2.13. The van der Waals surface area contributed by atoms with Gasteiger partial charge in [0.1, 0.15) is 0 Å². The molecule has 0 aliphatic rings. The van der Waals surface area contributed by atoms with Gasteiger partial charge in [-0.15, -0.1) is 4.13 Å². The van der Waals surface area contributed by atoms with Crippen LogP contribution in [-0.4, -0.2) is 27.8 Å². The van der Waals surface area contributed by atoms with Crippen molar-refractivity contribution < 1.29 is 25.6 Å². The van der Waals surface area contributed by atoms with Gasteiger partial charge in [0, 0.05) is 6.92 Å². The summed E-state index contributed by atoms with van der Waals surface area (Å²) in [6, 6.07) is 0. The maximum Gasteiger partial charge on any atom is 0.357 e. The van der Waals surface area contributed by atoms with Gasteiger partial charge in [-0.2, -0.15) is 8.78 Å². The molecule has 0 heterocycles. The van der Waals surface area contributed by atoms with E-state index in [-0.39, 0.29) is 19.3 Å². The molecule has 0 saturated carbocycles. The van der Waals surface area contributed by atoms with Crippen LogP contribution in [-0.2, 0) is 20.0 Å². The Bertz CT molecular complexity index is 437. The average molecular weight is 293 g/mol. The SMILES string of the molecule is CC(C)CCCS(=O)(=O)NS(=O)(=O)C(C)(F)F. The molecule has 0 aromatic rings. The number of hydrogen-bond donors (Lipinski definition) is 1. The maximum atomic E-state index is 12.6. The zero-order valence-electron chi connectivity index (χ0n) is 9.90. The van der Waals surface area contributed by atoms with Crippen molar-refractivity contribution in [3.8, 4) is 0 Å². The predicted octanol–water partition coefficient (Wildman–Crippen LogP) is 1.28. The molecule has 9 heteroatoms. The van der Waals surface area contributed by atoms with Crippen LogP contribution >= 0.6 is 0 Å². The molecule has 104 valence electrons. The molecule has 0 aromatic carbocycles. The van der Waals surface area contributed by atoms with Gasteiger partial charge in [-0.25, -0.2) is 16.8 Å². The smallest absolute Gasteiger partial charge is 0.211 e. The lowest BCUT2D eigenvalue weighted by Crippen LogP contribution is -2.41. The molecule has 0 atom stereocenters. The van der Waals surface area contributed by atoms with Gasteiger partial charge < -0.3 is 0 Å². The standard InChI is InChI=1S/C8H17F2NO4S2/c1-7(2)5-4-6-16(12,13)11-17(14,15)8(3,9)10/h7,11H,4-6H2,1-3H3. The van der Waals surface area contributed by atoms with E-state index in [0.717, 1.165) is 4.13 Å². The fraction of sp³-hybridized carbons (Fsp3) is 1.00. The quantitative estimate of drug-likeness (QED) is 0.767. The number of rotatable bonds is 7. The molecule has 0 bridgehead atoms. The van der Waals surface area contributed by atoms with Crippen LogP contribution in [0, 0.1) is 5.92 Å². The molecule has 1 N–H and O–H groups in total. The molecular formula is C8H17F2NO4S2. The molecule has 17 heavy (non-hydrogen) atoms. The minimum Gasteiger partial charge on any atom is -0.211 e. The molecule has 0 unspecified atom stereocenters. The van der Waals surface area contributed by atoms with E-state index >= 15 is 0 Å². The first-order valence-corrected chi connectivity index (χ1v) is 8.14. The monoisotopic (exact) mass is 293 g/mol. The highest BCUT2D eigenvalue weighted by atomic mass is 32.3. The van der Waals surface area contributed by atoms with Crippen molar-refractivity contribution in [2.24, 2.45) is 5.92 Å². The summed E-state index contributed by atoms with van der Waals surface area (Å²) < 4.78 is 70.5. The van der Waals surface area contributed by atoms with Gasteiger partial charge in [0.25, 0.3) is 10.0 Å². The van der Waals surface area contributed by atoms with Crippen molar-refractivity contribution in [3.05, 3.63) is 0 Å². The third kappa shape index (κ3) is 6.27. The summed E-state index contributed by atoms with van der Waals surface area (Å²) in [5.74, 6) is -0.227. The van der Waals surface area contributed by atoms with E-state index in [4.69, 9.17) is 0 Å². The van der Waals surface area contributed by atoms with Gasteiger partial charge in [0.15, 0.2) is 0 Å². The summed E-state index contributed by atoms with van der Waals surface area (Å²) in [6.45, 7) is 3.87. The molecule has 0 rings (SSSR count). The van der Waals surface area contributed by atoms with Gasteiger partial charge in [-0.05, 0) is 18.8 Å². The Hall–Kier alpha value is -0.280. The lowest BCUT2D eigenvalue weighted by atomic mass is 10.1. The van der Waals surface area contributed by atoms with E-state index < -0.39 is 31.1 Å². The molecule has 0 amide bonds. The summed E-state index contributed by atoms with van der Waals surface area (Å²) in [6.07, 6.45) is 0.793. The number of alkyl halides is 2. The van der Waals surface area contributed by atoms with Crippen molar-refractivity contribution in [1.29, 1.82) is 0 Å². The summed E-state index contributed by atoms with van der Waals surface area (Å²) in [4.78, 5) is 0. The Labute approximate surface area is 101 Å². The van der Waals surface area contributed by atoms with E-state index in [2.05, 4.69) is 0 Å². The molecule has 0 spiro atoms. The Balaban J connectivity index is 4.58. The van der Waals surface area contributed by atoms with Crippen molar-refractivity contribution in [2.45, 2.75) is 38.9 Å². The van der Waals surface area contributed by atoms with Crippen LogP contribution in [0.15, 0.2) is 0 Å². The normalized spacial score (nSPS) is 14.2. The zero-order chi connectivity index (χ0) is 13.9. The van der Waals surface area contributed by atoms with Crippen LogP contribution in [0.1, 0.15) is 33.6 Å². The molecule has 0 fully saturated rings. The first-order chi connectivity index (χ1) is 7.37. The first kappa shape index (κ1) is 16.7. The second-order valence-corrected chi connectivity index (χ2v) is 8.28. The third-order valence-corrected chi connectivity index (χ3v) is 5.57. The third-order valence-electron chi connectivity index (χ3n) is 1.90. The Morgan fingerprint density at radius 1 is 1.18 bits per heavy atom. The van der Waals surface area contributed by atoms with E-state index in [1.165, 1.54) is 0 Å². The van der Waals surface area contributed by atoms with Crippen LogP contribution in [0.4, 0.5) is 8.78 Å². The molecule has 0 radical (unpaired) electrons. The number of nitrogens with one attached hydrogen (secondary N) is 1. The van der Waals surface area contributed by atoms with Gasteiger partial charge in [0.05, 0.1) is 5.75 Å². The molecule has 5 nitrogen and oxygen atoms in total. The van der Waals surface area contributed by atoms with Gasteiger partial charge in [-0.3, -0.25) is 0 Å². The minimum absolute atomic E-state index is 0.124. The first-order valence-electron chi connectivity index (χ1n) is 5.01. The summed E-state index contributed by atoms with van der Waals surface area (Å²) in [5, 5.41) is -4.13. The van der Waals surface area contributed by atoms with Crippen LogP contribution in [0.25, 0.3) is 0 Å². The van der Waals surface area contributed by atoms with Gasteiger partial charge in [0.2, 0.25) is 10.0 Å². The van der Waals surface area contributed by atoms with Crippen molar-refractivity contribution in [2.75, 3.05) is 5.75 Å². The number of halogens is 2. The fourth-order valence-corrected chi connectivity index (χ4v) is 3.77. The van der Waals surface area contributed by atoms with Crippen LogP contribution in [0.2, 0.25) is 0 Å². The van der Waals surface area contributed by atoms with Crippen LogP contribution in [0.3, 0.4) is 0 Å². The Morgan fingerprint density at radius 3 is 2.00 bits per heavy atom. The Morgan fingerprint density at radius 2 is 1.65 bits per heavy atom. The van der Waals surface area contributed by atoms with E-state index in [9.17, 15) is 25.6 Å².